The third-order valence-electron chi connectivity index (χ3n) is 6.70. The molecule has 0 aliphatic rings. The number of Topliss-reactive ketones (excluding diaryl/α,β-unsaturated/α-hetero) is 1. The summed E-state index contributed by atoms with van der Waals surface area (Å²) in [4.78, 5) is 26.0. The smallest absolute Gasteiger partial charge is 0.255 e. The summed E-state index contributed by atoms with van der Waals surface area (Å²) in [6.07, 6.45) is 0.289. The van der Waals surface area contributed by atoms with Crippen LogP contribution in [0.25, 0.3) is 33.4 Å². The molecule has 0 saturated heterocycles. The fourth-order valence-corrected chi connectivity index (χ4v) is 4.61. The zero-order chi connectivity index (χ0) is 26.8. The predicted molar refractivity (Wildman–Crippen MR) is 144 cm³/mol. The molecule has 0 fully saturated rings. The largest absolute Gasteiger partial charge is 0.455 e. The molecule has 1 heterocycles. The molecule has 1 unspecified atom stereocenters. The lowest BCUT2D eigenvalue weighted by Crippen LogP contribution is -2.18. The molecule has 38 heavy (non-hydrogen) atoms. The quantitative estimate of drug-likeness (QED) is 0.228. The standard InChI is InChI=1S/C32H25F2NO3/c1-19(20-6-11-25(33)12-7-20)16-28(36)24-5-3-4-22(17-24)23-10-15-29-27(18-23)30(32(37)35-2)31(38-29)21-8-13-26(34)14-9-21/h3-15,17-19H,16H2,1-2H3,(H,35,37). The molecule has 0 aliphatic heterocycles. The molecular formula is C32H25F2NO3. The summed E-state index contributed by atoms with van der Waals surface area (Å²) in [5.74, 6) is -0.727. The van der Waals surface area contributed by atoms with Gasteiger partial charge in [0.1, 0.15) is 23.0 Å². The molecule has 1 amide bonds. The maximum absolute atomic E-state index is 13.5. The van der Waals surface area contributed by atoms with E-state index in [2.05, 4.69) is 5.32 Å². The van der Waals surface area contributed by atoms with Crippen molar-refractivity contribution in [2.24, 2.45) is 0 Å². The summed E-state index contributed by atoms with van der Waals surface area (Å²) in [7, 11) is 1.54. The maximum atomic E-state index is 13.5. The van der Waals surface area contributed by atoms with Gasteiger partial charge in [-0.25, -0.2) is 8.78 Å². The lowest BCUT2D eigenvalue weighted by molar-refractivity contribution is 0.0960. The number of halogens is 2. The van der Waals surface area contributed by atoms with Crippen molar-refractivity contribution in [3.63, 3.8) is 0 Å². The van der Waals surface area contributed by atoms with Gasteiger partial charge < -0.3 is 9.73 Å². The van der Waals surface area contributed by atoms with Gasteiger partial charge in [0.2, 0.25) is 0 Å². The highest BCUT2D eigenvalue weighted by molar-refractivity contribution is 6.12. The number of carbonyl (C=O) groups excluding carboxylic acids is 2. The number of fused-ring (bicyclic) bond motifs is 1. The molecule has 0 spiro atoms. The molecule has 5 rings (SSSR count). The average Bonchev–Trinajstić information content (AvgIpc) is 3.32. The number of hydrogen-bond acceptors (Lipinski definition) is 3. The van der Waals surface area contributed by atoms with Crippen LogP contribution in [0.1, 0.15) is 45.5 Å². The van der Waals surface area contributed by atoms with E-state index in [0.29, 0.717) is 33.4 Å². The predicted octanol–water partition coefficient (Wildman–Crippen LogP) is 7.78. The first-order chi connectivity index (χ1) is 18.3. The number of rotatable bonds is 7. The number of furan rings is 1. The van der Waals surface area contributed by atoms with E-state index in [-0.39, 0.29) is 35.7 Å². The lowest BCUT2D eigenvalue weighted by atomic mass is 9.92. The zero-order valence-corrected chi connectivity index (χ0v) is 20.9. The van der Waals surface area contributed by atoms with E-state index in [1.807, 2.05) is 37.3 Å². The van der Waals surface area contributed by atoms with Gasteiger partial charge in [0.05, 0.1) is 5.56 Å². The Morgan fingerprint density at radius 3 is 2.13 bits per heavy atom. The number of ketones is 1. The van der Waals surface area contributed by atoms with Gasteiger partial charge in [0.25, 0.3) is 5.91 Å². The van der Waals surface area contributed by atoms with Crippen molar-refractivity contribution < 1.29 is 22.8 Å². The van der Waals surface area contributed by atoms with E-state index >= 15 is 0 Å². The Morgan fingerprint density at radius 1 is 0.816 bits per heavy atom. The minimum atomic E-state index is -0.380. The van der Waals surface area contributed by atoms with Crippen molar-refractivity contribution in [3.8, 4) is 22.5 Å². The summed E-state index contributed by atoms with van der Waals surface area (Å²) in [5.41, 5.74) is 4.58. The topological polar surface area (TPSA) is 59.3 Å². The van der Waals surface area contributed by atoms with Gasteiger partial charge in [-0.3, -0.25) is 9.59 Å². The van der Waals surface area contributed by atoms with Gasteiger partial charge in [-0.15, -0.1) is 0 Å². The molecule has 0 bridgehead atoms. The van der Waals surface area contributed by atoms with E-state index in [1.165, 1.54) is 24.3 Å². The Balaban J connectivity index is 1.49. The second-order valence-electron chi connectivity index (χ2n) is 9.26. The lowest BCUT2D eigenvalue weighted by Gasteiger charge is -2.12. The molecule has 6 heteroatoms. The SMILES string of the molecule is CNC(=O)c1c(-c2ccc(F)cc2)oc2ccc(-c3cccc(C(=O)CC(C)c4ccc(F)cc4)c3)cc12. The highest BCUT2D eigenvalue weighted by atomic mass is 19.1. The molecule has 1 N–H and O–H groups in total. The summed E-state index contributed by atoms with van der Waals surface area (Å²) in [5, 5.41) is 3.27. The number of nitrogens with one attached hydrogen (secondary N) is 1. The van der Waals surface area contributed by atoms with Crippen molar-refractivity contribution in [3.05, 3.63) is 119 Å². The monoisotopic (exact) mass is 509 g/mol. The number of carbonyl (C=O) groups is 2. The molecule has 190 valence electrons. The molecule has 0 aliphatic carbocycles. The van der Waals surface area contributed by atoms with Crippen molar-refractivity contribution in [2.75, 3.05) is 7.05 Å². The molecule has 1 aromatic heterocycles. The van der Waals surface area contributed by atoms with Crippen molar-refractivity contribution >= 4 is 22.7 Å². The zero-order valence-electron chi connectivity index (χ0n) is 20.9. The van der Waals surface area contributed by atoms with Gasteiger partial charge in [-0.2, -0.15) is 0 Å². The molecule has 0 saturated carbocycles. The minimum Gasteiger partial charge on any atom is -0.455 e. The normalized spacial score (nSPS) is 11.9. The van der Waals surface area contributed by atoms with E-state index < -0.39 is 0 Å². The molecule has 1 atom stereocenters. The summed E-state index contributed by atoms with van der Waals surface area (Å²) in [6, 6.07) is 24.9. The van der Waals surface area contributed by atoms with Crippen LogP contribution in [-0.4, -0.2) is 18.7 Å². The summed E-state index contributed by atoms with van der Waals surface area (Å²) >= 11 is 0. The second-order valence-corrected chi connectivity index (χ2v) is 9.26. The highest BCUT2D eigenvalue weighted by Crippen LogP contribution is 2.36. The minimum absolute atomic E-state index is 0.0160. The van der Waals surface area contributed by atoms with Gasteiger partial charge in [-0.05, 0) is 77.2 Å². The first-order valence-corrected chi connectivity index (χ1v) is 12.3. The van der Waals surface area contributed by atoms with Crippen LogP contribution in [0.4, 0.5) is 8.78 Å². The van der Waals surface area contributed by atoms with Crippen LogP contribution in [0.2, 0.25) is 0 Å². The van der Waals surface area contributed by atoms with Crippen molar-refractivity contribution in [1.82, 2.24) is 5.32 Å². The van der Waals surface area contributed by atoms with Crippen LogP contribution < -0.4 is 5.32 Å². The fourth-order valence-electron chi connectivity index (χ4n) is 4.61. The number of benzene rings is 4. The Bertz CT molecular complexity index is 1640. The Hall–Kier alpha value is -4.58. The Kier molecular flexibility index (Phi) is 6.88. The molecule has 0 radical (unpaired) electrons. The molecular weight excluding hydrogens is 484 g/mol. The number of hydrogen-bond donors (Lipinski definition) is 1. The van der Waals surface area contributed by atoms with E-state index in [4.69, 9.17) is 4.42 Å². The van der Waals surface area contributed by atoms with Crippen LogP contribution in [-0.2, 0) is 0 Å². The van der Waals surface area contributed by atoms with Crippen LogP contribution in [0.3, 0.4) is 0 Å². The Labute approximate surface area is 218 Å². The first-order valence-electron chi connectivity index (χ1n) is 12.3. The van der Waals surface area contributed by atoms with E-state index in [9.17, 15) is 18.4 Å². The van der Waals surface area contributed by atoms with Gasteiger partial charge in [-0.1, -0.05) is 43.3 Å². The van der Waals surface area contributed by atoms with Gasteiger partial charge in [0, 0.05) is 30.0 Å². The Morgan fingerprint density at radius 2 is 1.45 bits per heavy atom. The first kappa shape index (κ1) is 25.1. The molecule has 5 aromatic rings. The maximum Gasteiger partial charge on any atom is 0.255 e. The highest BCUT2D eigenvalue weighted by Gasteiger charge is 2.22. The fraction of sp³-hybridized carbons (Fsp3) is 0.125. The summed E-state index contributed by atoms with van der Waals surface area (Å²) in [6.45, 7) is 1.95. The van der Waals surface area contributed by atoms with Crippen LogP contribution >= 0.6 is 0 Å². The molecule has 4 aromatic carbocycles. The third-order valence-corrected chi connectivity index (χ3v) is 6.70. The third kappa shape index (κ3) is 4.98. The van der Waals surface area contributed by atoms with Crippen LogP contribution in [0.5, 0.6) is 0 Å². The van der Waals surface area contributed by atoms with E-state index in [1.54, 1.807) is 43.4 Å². The van der Waals surface area contributed by atoms with Crippen LogP contribution in [0, 0.1) is 11.6 Å². The van der Waals surface area contributed by atoms with Crippen LogP contribution in [0.15, 0.2) is 95.4 Å². The van der Waals surface area contributed by atoms with E-state index in [0.717, 1.165) is 16.7 Å². The van der Waals surface area contributed by atoms with Crippen molar-refractivity contribution in [1.29, 1.82) is 0 Å². The second kappa shape index (κ2) is 10.4. The summed E-state index contributed by atoms with van der Waals surface area (Å²) < 4.78 is 32.8. The molecule has 4 nitrogen and oxygen atoms in total. The van der Waals surface area contributed by atoms with Gasteiger partial charge >= 0.3 is 0 Å². The number of amides is 1. The van der Waals surface area contributed by atoms with Crippen molar-refractivity contribution in [2.45, 2.75) is 19.3 Å². The van der Waals surface area contributed by atoms with Gasteiger partial charge in [0.15, 0.2) is 5.78 Å². The average molecular weight is 510 g/mol.